The number of piperidine rings is 1. The smallest absolute Gasteiger partial charge is 0.254 e. The fourth-order valence-corrected chi connectivity index (χ4v) is 3.90. The van der Waals surface area contributed by atoms with Crippen LogP contribution in [0.1, 0.15) is 42.5 Å². The first-order valence-electron chi connectivity index (χ1n) is 9.15. The van der Waals surface area contributed by atoms with E-state index >= 15 is 0 Å². The van der Waals surface area contributed by atoms with Crippen molar-refractivity contribution in [1.82, 2.24) is 4.90 Å². The summed E-state index contributed by atoms with van der Waals surface area (Å²) in [4.78, 5) is 40.1. The van der Waals surface area contributed by atoms with Crippen LogP contribution in [-0.4, -0.2) is 54.7 Å². The average Bonchev–Trinajstić information content (AvgIpc) is 3.31. The van der Waals surface area contributed by atoms with Gasteiger partial charge in [-0.25, -0.2) is 0 Å². The van der Waals surface area contributed by atoms with Crippen LogP contribution in [-0.2, 0) is 19.1 Å². The molecule has 0 spiro atoms. The Morgan fingerprint density at radius 3 is 2.50 bits per heavy atom. The van der Waals surface area contributed by atoms with Crippen LogP contribution in [0.25, 0.3) is 0 Å². The minimum Gasteiger partial charge on any atom is -0.348 e. The molecule has 7 heteroatoms. The van der Waals surface area contributed by atoms with Gasteiger partial charge in [0.05, 0.1) is 24.9 Å². The first kappa shape index (κ1) is 17.2. The summed E-state index contributed by atoms with van der Waals surface area (Å²) in [5.74, 6) is -0.554. The van der Waals surface area contributed by atoms with Crippen LogP contribution in [0.3, 0.4) is 0 Å². The number of imide groups is 1. The first-order chi connectivity index (χ1) is 12.6. The molecule has 1 aromatic carbocycles. The molecule has 0 saturated carbocycles. The second-order valence-electron chi connectivity index (χ2n) is 6.84. The minimum atomic E-state index is -0.371. The van der Waals surface area contributed by atoms with E-state index in [1.807, 2.05) is 4.90 Å². The van der Waals surface area contributed by atoms with Crippen LogP contribution >= 0.6 is 0 Å². The Morgan fingerprint density at radius 1 is 1.04 bits per heavy atom. The maximum atomic E-state index is 13.1. The molecule has 1 unspecified atom stereocenters. The molecule has 1 aromatic rings. The Bertz CT molecular complexity index is 712. The summed E-state index contributed by atoms with van der Waals surface area (Å²) in [6.07, 6.45) is 2.90. The van der Waals surface area contributed by atoms with Gasteiger partial charge in [-0.2, -0.15) is 0 Å². The standard InChI is InChI=1S/C19H22N2O5/c22-16-7-8-17(23)21(16)14-5-3-4-13(12-14)18(24)20-9-2-1-6-15(20)19-25-10-11-26-19/h3-5,12,15,19H,1-2,6-11H2. The molecule has 0 radical (unpaired) electrons. The zero-order valence-corrected chi connectivity index (χ0v) is 14.6. The van der Waals surface area contributed by atoms with Crippen molar-refractivity contribution in [2.45, 2.75) is 44.4 Å². The predicted octanol–water partition coefficient (Wildman–Crippen LogP) is 1.71. The van der Waals surface area contributed by atoms with Gasteiger partial charge in [0, 0.05) is 24.9 Å². The molecule has 1 atom stereocenters. The van der Waals surface area contributed by atoms with Crippen molar-refractivity contribution in [3.05, 3.63) is 29.8 Å². The molecule has 3 heterocycles. The summed E-state index contributed by atoms with van der Waals surface area (Å²) >= 11 is 0. The van der Waals surface area contributed by atoms with Gasteiger partial charge in [0.2, 0.25) is 11.8 Å². The summed E-state index contributed by atoms with van der Waals surface area (Å²) < 4.78 is 11.3. The van der Waals surface area contributed by atoms with Gasteiger partial charge in [-0.1, -0.05) is 6.07 Å². The zero-order valence-electron chi connectivity index (χ0n) is 14.6. The highest BCUT2D eigenvalue weighted by Gasteiger charge is 2.37. The second-order valence-corrected chi connectivity index (χ2v) is 6.84. The Balaban J connectivity index is 1.58. The third-order valence-corrected chi connectivity index (χ3v) is 5.17. The van der Waals surface area contributed by atoms with Crippen molar-refractivity contribution in [1.29, 1.82) is 0 Å². The van der Waals surface area contributed by atoms with E-state index in [1.54, 1.807) is 24.3 Å². The summed E-state index contributed by atoms with van der Waals surface area (Å²) in [7, 11) is 0. The molecule has 3 amide bonds. The molecule has 7 nitrogen and oxygen atoms in total. The fraction of sp³-hybridized carbons (Fsp3) is 0.526. The van der Waals surface area contributed by atoms with Crippen molar-refractivity contribution in [3.63, 3.8) is 0 Å². The van der Waals surface area contributed by atoms with Crippen molar-refractivity contribution >= 4 is 23.4 Å². The second kappa shape index (κ2) is 7.17. The van der Waals surface area contributed by atoms with Crippen molar-refractivity contribution in [2.75, 3.05) is 24.7 Å². The molecule has 26 heavy (non-hydrogen) atoms. The quantitative estimate of drug-likeness (QED) is 0.769. The highest BCUT2D eigenvalue weighted by molar-refractivity contribution is 6.20. The van der Waals surface area contributed by atoms with Crippen molar-refractivity contribution < 1.29 is 23.9 Å². The average molecular weight is 358 g/mol. The predicted molar refractivity (Wildman–Crippen MR) is 92.5 cm³/mol. The molecular weight excluding hydrogens is 336 g/mol. The lowest BCUT2D eigenvalue weighted by molar-refractivity contribution is -0.121. The molecule has 3 aliphatic rings. The summed E-state index contributed by atoms with van der Waals surface area (Å²) in [6.45, 7) is 1.76. The number of carbonyl (C=O) groups is 3. The molecule has 0 aromatic heterocycles. The van der Waals surface area contributed by atoms with Crippen molar-refractivity contribution in [2.24, 2.45) is 0 Å². The number of amides is 3. The Hall–Kier alpha value is -2.25. The van der Waals surface area contributed by atoms with Crippen LogP contribution in [0.2, 0.25) is 0 Å². The van der Waals surface area contributed by atoms with E-state index in [4.69, 9.17) is 9.47 Å². The van der Waals surface area contributed by atoms with Gasteiger partial charge >= 0.3 is 0 Å². The maximum Gasteiger partial charge on any atom is 0.254 e. The highest BCUT2D eigenvalue weighted by atomic mass is 16.7. The molecule has 3 aliphatic heterocycles. The Labute approximate surface area is 151 Å². The van der Waals surface area contributed by atoms with Gasteiger partial charge in [-0.15, -0.1) is 0 Å². The van der Waals surface area contributed by atoms with Crippen LogP contribution in [0.15, 0.2) is 24.3 Å². The molecule has 138 valence electrons. The Morgan fingerprint density at radius 2 is 1.77 bits per heavy atom. The van der Waals surface area contributed by atoms with Crippen LogP contribution in [0.5, 0.6) is 0 Å². The van der Waals surface area contributed by atoms with E-state index in [0.29, 0.717) is 31.0 Å². The fourth-order valence-electron chi connectivity index (χ4n) is 3.90. The lowest BCUT2D eigenvalue weighted by Gasteiger charge is -2.38. The van der Waals surface area contributed by atoms with Gasteiger partial charge in [-0.3, -0.25) is 19.3 Å². The zero-order chi connectivity index (χ0) is 18.1. The van der Waals surface area contributed by atoms with E-state index in [2.05, 4.69) is 0 Å². The topological polar surface area (TPSA) is 76.2 Å². The van der Waals surface area contributed by atoms with E-state index < -0.39 is 0 Å². The summed E-state index contributed by atoms with van der Waals surface area (Å²) in [6, 6.07) is 6.65. The number of nitrogens with zero attached hydrogens (tertiary/aromatic N) is 2. The molecule has 0 bridgehead atoms. The van der Waals surface area contributed by atoms with E-state index in [0.717, 1.165) is 19.3 Å². The van der Waals surface area contributed by atoms with Gasteiger partial charge in [0.1, 0.15) is 0 Å². The monoisotopic (exact) mass is 358 g/mol. The lowest BCUT2D eigenvalue weighted by Crippen LogP contribution is -2.50. The largest absolute Gasteiger partial charge is 0.348 e. The molecular formula is C19H22N2O5. The number of rotatable bonds is 3. The molecule has 4 rings (SSSR count). The van der Waals surface area contributed by atoms with Gasteiger partial charge in [0.25, 0.3) is 5.91 Å². The first-order valence-corrected chi connectivity index (χ1v) is 9.15. The molecule has 0 N–H and O–H groups in total. The van der Waals surface area contributed by atoms with Gasteiger partial charge in [0.15, 0.2) is 6.29 Å². The lowest BCUT2D eigenvalue weighted by atomic mass is 10.00. The van der Waals surface area contributed by atoms with Crippen LogP contribution < -0.4 is 4.90 Å². The van der Waals surface area contributed by atoms with Gasteiger partial charge < -0.3 is 14.4 Å². The minimum absolute atomic E-state index is 0.0996. The maximum absolute atomic E-state index is 13.1. The van der Waals surface area contributed by atoms with E-state index in [1.165, 1.54) is 4.90 Å². The molecule has 3 fully saturated rings. The number of benzene rings is 1. The van der Waals surface area contributed by atoms with E-state index in [9.17, 15) is 14.4 Å². The molecule has 3 saturated heterocycles. The van der Waals surface area contributed by atoms with Crippen LogP contribution in [0.4, 0.5) is 5.69 Å². The normalized spacial score (nSPS) is 24.5. The van der Waals surface area contributed by atoms with Gasteiger partial charge in [-0.05, 0) is 37.5 Å². The third kappa shape index (κ3) is 3.12. The molecule has 0 aliphatic carbocycles. The number of hydrogen-bond donors (Lipinski definition) is 0. The van der Waals surface area contributed by atoms with Crippen molar-refractivity contribution in [3.8, 4) is 0 Å². The number of hydrogen-bond acceptors (Lipinski definition) is 5. The van der Waals surface area contributed by atoms with E-state index in [-0.39, 0.29) is 42.9 Å². The Kier molecular flexibility index (Phi) is 4.74. The summed E-state index contributed by atoms with van der Waals surface area (Å²) in [5, 5.41) is 0. The SMILES string of the molecule is O=C1CCC(=O)N1c1cccc(C(=O)N2CCCCC2C2OCCO2)c1. The third-order valence-electron chi connectivity index (χ3n) is 5.17. The number of ether oxygens (including phenoxy) is 2. The van der Waals surface area contributed by atoms with Crippen LogP contribution in [0, 0.1) is 0 Å². The highest BCUT2D eigenvalue weighted by Crippen LogP contribution is 2.28. The number of anilines is 1. The number of carbonyl (C=O) groups excluding carboxylic acids is 3. The summed E-state index contributed by atoms with van der Waals surface area (Å²) in [5.41, 5.74) is 0.935. The number of likely N-dealkylation sites (tertiary alicyclic amines) is 1.